The first-order chi connectivity index (χ1) is 41.0. The lowest BCUT2D eigenvalue weighted by Crippen LogP contribution is -2.30. The molecule has 0 aromatic carbocycles. The molecule has 0 saturated heterocycles. The highest BCUT2D eigenvalue weighted by Crippen LogP contribution is 2.16. The van der Waals surface area contributed by atoms with Gasteiger partial charge in [-0.3, -0.25) is 14.4 Å². The van der Waals surface area contributed by atoms with Gasteiger partial charge in [0, 0.05) is 19.3 Å². The molecule has 0 bridgehead atoms. The number of ether oxygens (including phenoxy) is 3. The Labute approximate surface area is 513 Å². The van der Waals surface area contributed by atoms with Gasteiger partial charge >= 0.3 is 17.9 Å². The number of rotatable bonds is 62. The summed E-state index contributed by atoms with van der Waals surface area (Å²) in [6.45, 7) is 6.44. The molecule has 0 aromatic rings. The van der Waals surface area contributed by atoms with E-state index in [-0.39, 0.29) is 31.1 Å². The molecule has 0 aliphatic carbocycles. The average Bonchev–Trinajstić information content (AvgIpc) is 3.49. The van der Waals surface area contributed by atoms with Gasteiger partial charge in [-0.15, -0.1) is 0 Å². The van der Waals surface area contributed by atoms with Crippen molar-refractivity contribution in [3.8, 4) is 0 Å². The van der Waals surface area contributed by atoms with E-state index < -0.39 is 6.10 Å². The first-order valence-electron chi connectivity index (χ1n) is 34.7. The molecular weight excluding hydrogens is 1020 g/mol. The van der Waals surface area contributed by atoms with Gasteiger partial charge in [-0.1, -0.05) is 296 Å². The molecular formula is C77H128O6. The van der Waals surface area contributed by atoms with E-state index >= 15 is 0 Å². The summed E-state index contributed by atoms with van der Waals surface area (Å²) in [4.78, 5) is 38.4. The maximum absolute atomic E-state index is 12.9. The van der Waals surface area contributed by atoms with E-state index in [2.05, 4.69) is 154 Å². The predicted molar refractivity (Wildman–Crippen MR) is 362 cm³/mol. The van der Waals surface area contributed by atoms with Gasteiger partial charge in [0.1, 0.15) is 13.2 Å². The van der Waals surface area contributed by atoms with Crippen molar-refractivity contribution in [2.45, 2.75) is 322 Å². The summed E-state index contributed by atoms with van der Waals surface area (Å²) in [5.74, 6) is -0.914. The molecule has 0 aliphatic heterocycles. The fourth-order valence-electron chi connectivity index (χ4n) is 9.43. The summed E-state index contributed by atoms with van der Waals surface area (Å²) in [6.07, 6.45) is 99.0. The molecule has 0 aliphatic rings. The van der Waals surface area contributed by atoms with Crippen molar-refractivity contribution in [2.75, 3.05) is 13.2 Å². The van der Waals surface area contributed by atoms with Crippen LogP contribution in [0.1, 0.15) is 316 Å². The lowest BCUT2D eigenvalue weighted by atomic mass is 10.0. The molecule has 0 aromatic heterocycles. The zero-order valence-corrected chi connectivity index (χ0v) is 54.2. The SMILES string of the molecule is CC/C=C\C/C=C\C/C=C\C/C=C\C/C=C\C/C=C\CCCCCCCCCCCCCCC(=O)OCC(COC(=O)CCCCCCC/C=C\C/C=C\CCC)OC(=O)CCCCCCCC/C=C\C/C=C\C/C=C\CCCCCCC. The van der Waals surface area contributed by atoms with Crippen molar-refractivity contribution in [2.24, 2.45) is 0 Å². The lowest BCUT2D eigenvalue weighted by molar-refractivity contribution is -0.167. The third-order valence-electron chi connectivity index (χ3n) is 14.6. The summed E-state index contributed by atoms with van der Waals surface area (Å²) in [5, 5.41) is 0. The maximum atomic E-state index is 12.9. The van der Waals surface area contributed by atoms with Crippen molar-refractivity contribution >= 4 is 17.9 Å². The molecule has 472 valence electrons. The Morgan fingerprint density at radius 2 is 0.494 bits per heavy atom. The van der Waals surface area contributed by atoms with E-state index in [1.165, 1.54) is 122 Å². The lowest BCUT2D eigenvalue weighted by Gasteiger charge is -2.18. The number of carbonyl (C=O) groups excluding carboxylic acids is 3. The van der Waals surface area contributed by atoms with E-state index in [1.54, 1.807) is 0 Å². The fourth-order valence-corrected chi connectivity index (χ4v) is 9.43. The van der Waals surface area contributed by atoms with Gasteiger partial charge < -0.3 is 14.2 Å². The van der Waals surface area contributed by atoms with Crippen LogP contribution in [0.5, 0.6) is 0 Å². The van der Waals surface area contributed by atoms with Gasteiger partial charge in [0.05, 0.1) is 0 Å². The summed E-state index contributed by atoms with van der Waals surface area (Å²) in [5.41, 5.74) is 0. The van der Waals surface area contributed by atoms with Gasteiger partial charge in [0.25, 0.3) is 0 Å². The number of allylic oxidation sites excluding steroid dienone is 22. The van der Waals surface area contributed by atoms with Gasteiger partial charge in [0.15, 0.2) is 6.10 Å². The third kappa shape index (κ3) is 68.2. The second-order valence-electron chi connectivity index (χ2n) is 22.7. The quantitative estimate of drug-likeness (QED) is 0.0261. The molecule has 0 N–H and O–H groups in total. The standard InChI is InChI=1S/C77H128O6/c1-4-7-10-13-16-19-22-25-27-29-31-33-34-35-36-37-38-39-40-41-42-44-45-47-49-52-55-58-61-64-67-70-76(79)82-73-74(72-81-75(78)69-66-63-60-57-54-51-24-21-18-15-12-9-6-3)83-77(80)71-68-65-62-59-56-53-50-48-46-43-32-30-28-26-23-20-17-14-11-8-5-2/h7,10,12,15-16,19,21,23-27,30-33,35-36,38-39,46,48,74H,4-6,8-9,11,13-14,17-18,20,22,28-29,34,37,40-45,47,49-73H2,1-3H3/b10-7-,15-12-,19-16-,24-21-,26-23-,27-25-,32-30-,33-31-,36-35-,39-38-,48-46-. The van der Waals surface area contributed by atoms with Gasteiger partial charge in [-0.05, 0) is 135 Å². The maximum Gasteiger partial charge on any atom is 0.306 e. The molecule has 0 fully saturated rings. The fraction of sp³-hybridized carbons (Fsp3) is 0.675. The highest BCUT2D eigenvalue weighted by molar-refractivity contribution is 5.71. The Morgan fingerprint density at radius 3 is 0.783 bits per heavy atom. The van der Waals surface area contributed by atoms with Crippen LogP contribution in [0.15, 0.2) is 134 Å². The van der Waals surface area contributed by atoms with Crippen LogP contribution in [0, 0.1) is 0 Å². The summed E-state index contributed by atoms with van der Waals surface area (Å²) < 4.78 is 16.9. The minimum atomic E-state index is -0.797. The smallest absolute Gasteiger partial charge is 0.306 e. The van der Waals surface area contributed by atoms with Crippen LogP contribution < -0.4 is 0 Å². The minimum Gasteiger partial charge on any atom is -0.462 e. The van der Waals surface area contributed by atoms with Crippen LogP contribution in [0.3, 0.4) is 0 Å². The molecule has 0 radical (unpaired) electrons. The first kappa shape index (κ1) is 78.5. The average molecular weight is 1150 g/mol. The molecule has 83 heavy (non-hydrogen) atoms. The van der Waals surface area contributed by atoms with Crippen molar-refractivity contribution in [1.82, 2.24) is 0 Å². The molecule has 0 spiro atoms. The molecule has 1 atom stereocenters. The number of unbranched alkanes of at least 4 members (excludes halogenated alkanes) is 29. The van der Waals surface area contributed by atoms with E-state index in [4.69, 9.17) is 14.2 Å². The highest BCUT2D eigenvalue weighted by Gasteiger charge is 2.19. The number of hydrogen-bond donors (Lipinski definition) is 0. The van der Waals surface area contributed by atoms with Gasteiger partial charge in [0.2, 0.25) is 0 Å². The predicted octanol–water partition coefficient (Wildman–Crippen LogP) is 24.1. The highest BCUT2D eigenvalue weighted by atomic mass is 16.6. The van der Waals surface area contributed by atoms with Crippen LogP contribution in [0.4, 0.5) is 0 Å². The van der Waals surface area contributed by atoms with Crippen molar-refractivity contribution < 1.29 is 28.6 Å². The Hall–Kier alpha value is -4.45. The van der Waals surface area contributed by atoms with E-state index in [9.17, 15) is 14.4 Å². The Morgan fingerprint density at radius 1 is 0.253 bits per heavy atom. The minimum absolute atomic E-state index is 0.0911. The Kier molecular flexibility index (Phi) is 66.3. The topological polar surface area (TPSA) is 78.9 Å². The molecule has 0 heterocycles. The van der Waals surface area contributed by atoms with E-state index in [1.807, 2.05) is 0 Å². The van der Waals surface area contributed by atoms with Crippen LogP contribution in [0.2, 0.25) is 0 Å². The number of hydrogen-bond acceptors (Lipinski definition) is 6. The Balaban J connectivity index is 4.31. The largest absolute Gasteiger partial charge is 0.462 e. The van der Waals surface area contributed by atoms with Crippen molar-refractivity contribution in [1.29, 1.82) is 0 Å². The molecule has 6 nitrogen and oxygen atoms in total. The van der Waals surface area contributed by atoms with Gasteiger partial charge in [-0.2, -0.15) is 0 Å². The summed E-state index contributed by atoms with van der Waals surface area (Å²) in [7, 11) is 0. The number of esters is 3. The molecule has 1 unspecified atom stereocenters. The van der Waals surface area contributed by atoms with Gasteiger partial charge in [-0.25, -0.2) is 0 Å². The second-order valence-corrected chi connectivity index (χ2v) is 22.7. The molecule has 0 saturated carbocycles. The molecule has 6 heteroatoms. The zero-order valence-electron chi connectivity index (χ0n) is 54.2. The third-order valence-corrected chi connectivity index (χ3v) is 14.6. The van der Waals surface area contributed by atoms with Crippen LogP contribution in [-0.4, -0.2) is 37.2 Å². The van der Waals surface area contributed by atoms with E-state index in [0.717, 1.165) is 154 Å². The van der Waals surface area contributed by atoms with Crippen LogP contribution in [-0.2, 0) is 28.6 Å². The van der Waals surface area contributed by atoms with Crippen LogP contribution >= 0.6 is 0 Å². The molecule has 0 amide bonds. The van der Waals surface area contributed by atoms with Crippen molar-refractivity contribution in [3.63, 3.8) is 0 Å². The molecule has 0 rings (SSSR count). The Bertz CT molecular complexity index is 1750. The van der Waals surface area contributed by atoms with Crippen molar-refractivity contribution in [3.05, 3.63) is 134 Å². The zero-order chi connectivity index (χ0) is 59.9. The van der Waals surface area contributed by atoms with E-state index in [0.29, 0.717) is 19.3 Å². The first-order valence-corrected chi connectivity index (χ1v) is 34.7. The monoisotopic (exact) mass is 1150 g/mol. The second kappa shape index (κ2) is 70.0. The normalized spacial score (nSPS) is 13.0. The summed E-state index contributed by atoms with van der Waals surface area (Å²) >= 11 is 0. The number of carbonyl (C=O) groups is 3. The summed E-state index contributed by atoms with van der Waals surface area (Å²) in [6, 6.07) is 0. The van der Waals surface area contributed by atoms with Crippen LogP contribution in [0.25, 0.3) is 0 Å².